The van der Waals surface area contributed by atoms with Crippen LogP contribution in [0.25, 0.3) is 15.7 Å². The molecule has 0 saturated heterocycles. The van der Waals surface area contributed by atoms with Crippen molar-refractivity contribution < 1.29 is 9.90 Å². The summed E-state index contributed by atoms with van der Waals surface area (Å²) in [6.07, 6.45) is 0.850. The Hall–Kier alpha value is -2.41. The van der Waals surface area contributed by atoms with Crippen LogP contribution < -0.4 is 5.11 Å². The van der Waals surface area contributed by atoms with Crippen molar-refractivity contribution in [1.82, 2.24) is 0 Å². The molecule has 0 atom stereocenters. The molecule has 0 aliphatic heterocycles. The smallest absolute Gasteiger partial charge is 0.392 e. The number of carboxylic acids is 1. The van der Waals surface area contributed by atoms with Crippen LogP contribution in [-0.4, -0.2) is 5.97 Å². The molecule has 18 heavy (non-hydrogen) atoms. The molecule has 0 amide bonds. The fraction of sp³-hybridized carbons (Fsp3) is 0.214. The molecule has 0 aliphatic carbocycles. The third-order valence-corrected chi connectivity index (χ3v) is 2.33. The van der Waals surface area contributed by atoms with Gasteiger partial charge in [0.05, 0.1) is 5.39 Å². The van der Waals surface area contributed by atoms with E-state index in [-0.39, 0.29) is 6.42 Å². The first-order valence-corrected chi connectivity index (χ1v) is 5.71. The highest BCUT2D eigenvalue weighted by molar-refractivity contribution is 5.93. The molecular formula is C14H14N2O2. The van der Waals surface area contributed by atoms with Crippen LogP contribution in [0, 0.1) is 5.39 Å². The molecular weight excluding hydrogens is 228 g/mol. The Labute approximate surface area is 105 Å². The summed E-state index contributed by atoms with van der Waals surface area (Å²) in [6.45, 7) is 1.80. The lowest BCUT2D eigenvalue weighted by molar-refractivity contribution is -0.305. The molecule has 0 spiro atoms. The van der Waals surface area contributed by atoms with Crippen LogP contribution in [0.15, 0.2) is 42.5 Å². The zero-order chi connectivity index (χ0) is 13.4. The number of hydrogen-bond acceptors (Lipinski definition) is 3. The van der Waals surface area contributed by atoms with Gasteiger partial charge in [0.1, 0.15) is 0 Å². The van der Waals surface area contributed by atoms with Gasteiger partial charge in [-0.15, -0.1) is 0 Å². The van der Waals surface area contributed by atoms with E-state index in [4.69, 9.17) is 5.39 Å². The summed E-state index contributed by atoms with van der Waals surface area (Å²) in [5, 5.41) is 20.2. The zero-order valence-electron chi connectivity index (χ0n) is 10.2. The number of hydrogen-bond donors (Lipinski definition) is 0. The van der Waals surface area contributed by atoms with Crippen LogP contribution in [0.4, 0.5) is 5.69 Å². The van der Waals surface area contributed by atoms with Gasteiger partial charge in [-0.3, -0.25) is 0 Å². The van der Waals surface area contributed by atoms with Crippen LogP contribution in [-0.2, 0) is 4.79 Å². The van der Waals surface area contributed by atoms with E-state index in [0.717, 1.165) is 10.8 Å². The van der Waals surface area contributed by atoms with E-state index < -0.39 is 5.97 Å². The van der Waals surface area contributed by atoms with Gasteiger partial charge in [-0.2, -0.15) is 0 Å². The van der Waals surface area contributed by atoms with E-state index in [1.807, 2.05) is 36.4 Å². The fourth-order valence-electron chi connectivity index (χ4n) is 1.50. The first kappa shape index (κ1) is 13.7. The van der Waals surface area contributed by atoms with Crippen LogP contribution in [0.1, 0.15) is 19.8 Å². The summed E-state index contributed by atoms with van der Waals surface area (Å²) in [4.78, 5) is 12.7. The lowest BCUT2D eigenvalue weighted by Gasteiger charge is -1.92. The molecule has 4 nitrogen and oxygen atoms in total. The Morgan fingerprint density at radius 1 is 1.22 bits per heavy atom. The number of rotatable bonds is 2. The minimum absolute atomic E-state index is 0.181. The number of diazo groups is 1. The van der Waals surface area contributed by atoms with Gasteiger partial charge in [0, 0.05) is 12.0 Å². The zero-order valence-corrected chi connectivity index (χ0v) is 10.2. The van der Waals surface area contributed by atoms with Crippen LogP contribution >= 0.6 is 0 Å². The normalized spacial score (nSPS) is 9.11. The number of carbonyl (C=O) groups is 1. The largest absolute Gasteiger partial charge is 0.550 e. The van der Waals surface area contributed by atoms with E-state index in [1.54, 1.807) is 13.0 Å². The molecule has 0 fully saturated rings. The van der Waals surface area contributed by atoms with Gasteiger partial charge in [0.25, 0.3) is 0 Å². The van der Waals surface area contributed by atoms with Crippen molar-refractivity contribution in [1.29, 1.82) is 5.39 Å². The summed E-state index contributed by atoms with van der Waals surface area (Å²) in [7, 11) is 0. The maximum atomic E-state index is 9.49. The minimum atomic E-state index is -0.961. The molecule has 0 aromatic heterocycles. The van der Waals surface area contributed by atoms with Crippen molar-refractivity contribution in [2.24, 2.45) is 0 Å². The molecule has 0 saturated carbocycles. The highest BCUT2D eigenvalue weighted by Crippen LogP contribution is 2.24. The predicted octanol–water partition coefficient (Wildman–Crippen LogP) is 2.86. The summed E-state index contributed by atoms with van der Waals surface area (Å²) >= 11 is 0. The van der Waals surface area contributed by atoms with Gasteiger partial charge in [-0.05, 0) is 17.9 Å². The van der Waals surface area contributed by atoms with Crippen LogP contribution in [0.2, 0.25) is 0 Å². The van der Waals surface area contributed by atoms with Crippen molar-refractivity contribution in [2.75, 3.05) is 0 Å². The van der Waals surface area contributed by atoms with Crippen molar-refractivity contribution in [3.8, 4) is 0 Å². The van der Waals surface area contributed by atoms with E-state index in [1.165, 1.54) is 0 Å². The van der Waals surface area contributed by atoms with Crippen LogP contribution in [0.5, 0.6) is 0 Å². The van der Waals surface area contributed by atoms with Gasteiger partial charge in [0.2, 0.25) is 5.39 Å². The first-order chi connectivity index (χ1) is 8.69. The molecule has 0 unspecified atom stereocenters. The molecule has 0 heterocycles. The highest BCUT2D eigenvalue weighted by Gasteiger charge is 2.08. The Morgan fingerprint density at radius 3 is 2.44 bits per heavy atom. The Bertz CT molecular complexity index is 568. The van der Waals surface area contributed by atoms with Crippen LogP contribution in [0.3, 0.4) is 0 Å². The number of aliphatic carboxylic acids is 1. The molecule has 0 radical (unpaired) electrons. The Kier molecular flexibility index (Phi) is 5.33. The number of carboxylic acid groups (broad SMARTS) is 1. The van der Waals surface area contributed by atoms with Crippen molar-refractivity contribution in [3.05, 3.63) is 47.4 Å². The maximum absolute atomic E-state index is 9.49. The second-order valence-electron chi connectivity index (χ2n) is 3.72. The van der Waals surface area contributed by atoms with E-state index in [0.29, 0.717) is 12.1 Å². The lowest BCUT2D eigenvalue weighted by atomic mass is 10.1. The highest BCUT2D eigenvalue weighted by atomic mass is 16.4. The van der Waals surface area contributed by atoms with Gasteiger partial charge < -0.3 is 9.90 Å². The monoisotopic (exact) mass is 242 g/mol. The van der Waals surface area contributed by atoms with Crippen molar-refractivity contribution in [2.45, 2.75) is 19.8 Å². The predicted molar refractivity (Wildman–Crippen MR) is 68.6 cm³/mol. The van der Waals surface area contributed by atoms with Gasteiger partial charge >= 0.3 is 5.69 Å². The summed E-state index contributed by atoms with van der Waals surface area (Å²) < 4.78 is 0. The summed E-state index contributed by atoms with van der Waals surface area (Å²) in [6, 6.07) is 13.5. The van der Waals surface area contributed by atoms with Gasteiger partial charge in [-0.1, -0.05) is 43.7 Å². The van der Waals surface area contributed by atoms with Crippen molar-refractivity contribution >= 4 is 22.4 Å². The first-order valence-electron chi connectivity index (χ1n) is 5.71. The summed E-state index contributed by atoms with van der Waals surface area (Å²) in [5.74, 6) is -0.961. The minimum Gasteiger partial charge on any atom is -0.550 e. The molecule has 0 N–H and O–H groups in total. The average Bonchev–Trinajstić information content (AvgIpc) is 2.38. The summed E-state index contributed by atoms with van der Waals surface area (Å²) in [5.41, 5.74) is 0.619. The third kappa shape index (κ3) is 3.87. The Morgan fingerprint density at radius 2 is 1.89 bits per heavy atom. The molecule has 92 valence electrons. The van der Waals surface area contributed by atoms with E-state index in [9.17, 15) is 9.90 Å². The number of fused-ring (bicyclic) bond motifs is 1. The lowest BCUT2D eigenvalue weighted by Crippen LogP contribution is -2.20. The molecule has 4 heteroatoms. The second-order valence-corrected chi connectivity index (χ2v) is 3.72. The fourth-order valence-corrected chi connectivity index (χ4v) is 1.50. The van der Waals surface area contributed by atoms with Gasteiger partial charge in [-0.25, -0.2) is 0 Å². The third-order valence-electron chi connectivity index (χ3n) is 2.33. The SMILES string of the molecule is CCCC(=O)[O-].N#[N+]c1cccc2ccccc12. The number of carbonyl (C=O) groups excluding carboxylic acids is 1. The van der Waals surface area contributed by atoms with E-state index >= 15 is 0 Å². The van der Waals surface area contributed by atoms with Gasteiger partial charge in [0.15, 0.2) is 4.98 Å². The van der Waals surface area contributed by atoms with Crippen molar-refractivity contribution in [3.63, 3.8) is 0 Å². The maximum Gasteiger partial charge on any atom is 0.392 e. The number of benzene rings is 2. The van der Waals surface area contributed by atoms with E-state index in [2.05, 4.69) is 4.98 Å². The molecule has 0 aliphatic rings. The quantitative estimate of drug-likeness (QED) is 0.760. The molecule has 0 bridgehead atoms. The average molecular weight is 242 g/mol. The molecule has 2 rings (SSSR count). The standard InChI is InChI=1S/C10H7N2.C4H8O2/c11-12-10-7-3-5-8-4-1-2-6-9(8)10;1-2-3-4(5)6/h1-7H;2-3H2,1H3,(H,5,6)/q+1;/p-1. The molecule has 2 aromatic carbocycles. The number of nitrogens with zero attached hydrogens (tertiary/aromatic N) is 2. The second kappa shape index (κ2) is 7.02. The topological polar surface area (TPSA) is 68.3 Å². The molecule has 2 aromatic rings. The Balaban J connectivity index is 0.000000232.